The standard InChI is InChI=1S/C24H25FN6O3/c1-29-13-20(28-14-29)30(2)24(34)22-18(11-16-8-9-27-19(26)12-16)23(33)31(22)21(32)7-6-15-4-3-5-17(25)10-15/h3-5,8-10,12-14,18,22H,6-7,11H2,1-2H3,(H2,26,27)/t18-,22+/m1/s1. The predicted molar refractivity (Wildman–Crippen MR) is 123 cm³/mol. The van der Waals surface area contributed by atoms with E-state index in [-0.39, 0.29) is 19.3 Å². The average molecular weight is 465 g/mol. The first kappa shape index (κ1) is 23.1. The molecule has 3 heterocycles. The number of imidazole rings is 1. The number of rotatable bonds is 7. The quantitative estimate of drug-likeness (QED) is 0.533. The molecule has 0 radical (unpaired) electrons. The maximum Gasteiger partial charge on any atom is 0.252 e. The van der Waals surface area contributed by atoms with Crippen molar-refractivity contribution in [2.75, 3.05) is 17.7 Å². The molecule has 0 saturated carbocycles. The Hall–Kier alpha value is -4.08. The Morgan fingerprint density at radius 1 is 1.18 bits per heavy atom. The number of pyridine rings is 1. The average Bonchev–Trinajstić information content (AvgIpc) is 3.24. The monoisotopic (exact) mass is 464 g/mol. The number of hydrogen-bond donors (Lipinski definition) is 1. The van der Waals surface area contributed by atoms with E-state index in [2.05, 4.69) is 9.97 Å². The molecule has 3 aromatic rings. The van der Waals surface area contributed by atoms with E-state index >= 15 is 0 Å². The SMILES string of the molecule is CN(C(=O)[C@@H]1[C@@H](Cc2ccnc(N)c2)C(=O)N1C(=O)CCc1cccc(F)c1)c1cn(C)cn1. The highest BCUT2D eigenvalue weighted by Gasteiger charge is 2.54. The van der Waals surface area contributed by atoms with E-state index in [0.29, 0.717) is 17.2 Å². The second-order valence-corrected chi connectivity index (χ2v) is 8.37. The van der Waals surface area contributed by atoms with Crippen LogP contribution in [-0.2, 0) is 34.3 Å². The number of anilines is 2. The zero-order chi connectivity index (χ0) is 24.4. The lowest BCUT2D eigenvalue weighted by molar-refractivity contribution is -0.170. The minimum Gasteiger partial charge on any atom is -0.384 e. The van der Waals surface area contributed by atoms with E-state index in [4.69, 9.17) is 5.73 Å². The summed E-state index contributed by atoms with van der Waals surface area (Å²) in [7, 11) is 3.34. The summed E-state index contributed by atoms with van der Waals surface area (Å²) in [5.74, 6) is -1.72. The van der Waals surface area contributed by atoms with Gasteiger partial charge in [0.25, 0.3) is 5.91 Å². The minimum absolute atomic E-state index is 0.0266. The second kappa shape index (κ2) is 9.42. The van der Waals surface area contributed by atoms with E-state index in [0.717, 1.165) is 10.5 Å². The van der Waals surface area contributed by atoms with Crippen molar-refractivity contribution in [1.82, 2.24) is 19.4 Å². The molecular weight excluding hydrogens is 439 g/mol. The summed E-state index contributed by atoms with van der Waals surface area (Å²) >= 11 is 0. The van der Waals surface area contributed by atoms with Crippen LogP contribution in [0, 0.1) is 11.7 Å². The van der Waals surface area contributed by atoms with E-state index in [9.17, 15) is 18.8 Å². The van der Waals surface area contributed by atoms with Crippen LogP contribution in [-0.4, -0.2) is 50.2 Å². The number of hydrogen-bond acceptors (Lipinski definition) is 6. The highest BCUT2D eigenvalue weighted by molar-refractivity contribution is 6.12. The molecule has 1 aromatic carbocycles. The van der Waals surface area contributed by atoms with Gasteiger partial charge in [-0.15, -0.1) is 0 Å². The van der Waals surface area contributed by atoms with Crippen molar-refractivity contribution in [2.24, 2.45) is 13.0 Å². The van der Waals surface area contributed by atoms with Gasteiger partial charge in [-0.3, -0.25) is 24.2 Å². The highest BCUT2D eigenvalue weighted by atomic mass is 19.1. The molecule has 2 atom stereocenters. The molecular formula is C24H25FN6O3. The van der Waals surface area contributed by atoms with Gasteiger partial charge in [0, 0.05) is 32.9 Å². The number of β-lactam (4-membered cyclic amide) rings is 1. The molecule has 1 aliphatic heterocycles. The molecule has 1 fully saturated rings. The van der Waals surface area contributed by atoms with Crippen LogP contribution in [0.2, 0.25) is 0 Å². The van der Waals surface area contributed by atoms with Crippen LogP contribution in [0.1, 0.15) is 17.5 Å². The number of likely N-dealkylation sites (N-methyl/N-ethyl adjacent to an activating group) is 1. The fourth-order valence-corrected chi connectivity index (χ4v) is 4.13. The molecule has 3 amide bonds. The Bertz CT molecular complexity index is 1230. The van der Waals surface area contributed by atoms with Gasteiger partial charge in [0.05, 0.1) is 12.2 Å². The van der Waals surface area contributed by atoms with E-state index in [1.54, 1.807) is 55.5 Å². The Morgan fingerprint density at radius 3 is 2.65 bits per heavy atom. The van der Waals surface area contributed by atoms with Gasteiger partial charge in [0.1, 0.15) is 17.7 Å². The van der Waals surface area contributed by atoms with Crippen LogP contribution in [0.5, 0.6) is 0 Å². The molecule has 176 valence electrons. The summed E-state index contributed by atoms with van der Waals surface area (Å²) in [6.07, 6.45) is 5.24. The molecule has 34 heavy (non-hydrogen) atoms. The molecule has 4 rings (SSSR count). The first-order valence-electron chi connectivity index (χ1n) is 10.8. The number of aryl methyl sites for hydroxylation is 2. The van der Waals surface area contributed by atoms with Crippen LogP contribution >= 0.6 is 0 Å². The van der Waals surface area contributed by atoms with Crippen molar-refractivity contribution in [3.05, 3.63) is 72.1 Å². The lowest BCUT2D eigenvalue weighted by Gasteiger charge is -2.45. The number of aromatic nitrogens is 3. The number of imide groups is 1. The zero-order valence-electron chi connectivity index (χ0n) is 18.9. The van der Waals surface area contributed by atoms with Gasteiger partial charge in [0.15, 0.2) is 5.82 Å². The van der Waals surface area contributed by atoms with Crippen LogP contribution in [0.4, 0.5) is 16.0 Å². The number of amides is 3. The van der Waals surface area contributed by atoms with Gasteiger partial charge >= 0.3 is 0 Å². The summed E-state index contributed by atoms with van der Waals surface area (Å²) < 4.78 is 15.2. The topological polar surface area (TPSA) is 114 Å². The second-order valence-electron chi connectivity index (χ2n) is 8.37. The molecule has 0 unspecified atom stereocenters. The predicted octanol–water partition coefficient (Wildman–Crippen LogP) is 1.73. The van der Waals surface area contributed by atoms with Gasteiger partial charge in [-0.05, 0) is 48.2 Å². The maximum absolute atomic E-state index is 13.5. The third-order valence-corrected chi connectivity index (χ3v) is 5.92. The van der Waals surface area contributed by atoms with Crippen molar-refractivity contribution in [1.29, 1.82) is 0 Å². The van der Waals surface area contributed by atoms with Crippen LogP contribution in [0.15, 0.2) is 55.1 Å². The number of carbonyl (C=O) groups is 3. The Morgan fingerprint density at radius 2 is 1.97 bits per heavy atom. The minimum atomic E-state index is -0.978. The van der Waals surface area contributed by atoms with Gasteiger partial charge < -0.3 is 10.3 Å². The molecule has 0 spiro atoms. The molecule has 0 aliphatic carbocycles. The highest BCUT2D eigenvalue weighted by Crippen LogP contribution is 2.33. The van der Waals surface area contributed by atoms with Gasteiger partial charge in [-0.25, -0.2) is 14.4 Å². The molecule has 0 bridgehead atoms. The summed E-state index contributed by atoms with van der Waals surface area (Å²) in [6.45, 7) is 0. The fourth-order valence-electron chi connectivity index (χ4n) is 4.13. The summed E-state index contributed by atoms with van der Waals surface area (Å²) in [6, 6.07) is 8.33. The number of nitrogens with zero attached hydrogens (tertiary/aromatic N) is 5. The van der Waals surface area contributed by atoms with Crippen LogP contribution in [0.25, 0.3) is 0 Å². The summed E-state index contributed by atoms with van der Waals surface area (Å²) in [4.78, 5) is 50.0. The van der Waals surface area contributed by atoms with Gasteiger partial charge in [0.2, 0.25) is 11.8 Å². The van der Waals surface area contributed by atoms with E-state index < -0.39 is 35.5 Å². The van der Waals surface area contributed by atoms with E-state index in [1.165, 1.54) is 23.2 Å². The molecule has 1 saturated heterocycles. The zero-order valence-corrected chi connectivity index (χ0v) is 18.9. The van der Waals surface area contributed by atoms with Crippen LogP contribution in [0.3, 0.4) is 0 Å². The lowest BCUT2D eigenvalue weighted by Crippen LogP contribution is -2.69. The first-order chi connectivity index (χ1) is 16.2. The number of nitrogens with two attached hydrogens (primary N) is 1. The van der Waals surface area contributed by atoms with Gasteiger partial charge in [-0.2, -0.15) is 0 Å². The molecule has 9 nitrogen and oxygen atoms in total. The third kappa shape index (κ3) is 4.66. The Kier molecular flexibility index (Phi) is 6.40. The van der Waals surface area contributed by atoms with Crippen molar-refractivity contribution in [3.63, 3.8) is 0 Å². The van der Waals surface area contributed by atoms with Crippen molar-refractivity contribution >= 4 is 29.4 Å². The Labute approximate surface area is 196 Å². The molecule has 1 aliphatic rings. The van der Waals surface area contributed by atoms with Crippen molar-refractivity contribution in [2.45, 2.75) is 25.3 Å². The maximum atomic E-state index is 13.5. The van der Waals surface area contributed by atoms with E-state index in [1.807, 2.05) is 0 Å². The summed E-state index contributed by atoms with van der Waals surface area (Å²) in [5, 5.41) is 0. The number of likely N-dealkylation sites (tertiary alicyclic amines) is 1. The Balaban J connectivity index is 1.55. The summed E-state index contributed by atoms with van der Waals surface area (Å²) in [5.41, 5.74) is 7.14. The first-order valence-corrected chi connectivity index (χ1v) is 10.8. The van der Waals surface area contributed by atoms with Crippen LogP contribution < -0.4 is 10.6 Å². The lowest BCUT2D eigenvalue weighted by atomic mass is 9.81. The number of benzene rings is 1. The number of nitrogen functional groups attached to an aromatic ring is 1. The third-order valence-electron chi connectivity index (χ3n) is 5.92. The molecule has 10 heteroatoms. The van der Waals surface area contributed by atoms with Gasteiger partial charge in [-0.1, -0.05) is 12.1 Å². The van der Waals surface area contributed by atoms with Crippen molar-refractivity contribution in [3.8, 4) is 0 Å². The normalized spacial score (nSPS) is 17.4. The largest absolute Gasteiger partial charge is 0.384 e. The smallest absolute Gasteiger partial charge is 0.252 e. The molecule has 2 N–H and O–H groups in total. The fraction of sp³-hybridized carbons (Fsp3) is 0.292. The number of carbonyl (C=O) groups excluding carboxylic acids is 3. The number of halogens is 1. The van der Waals surface area contributed by atoms with Crippen molar-refractivity contribution < 1.29 is 18.8 Å². The molecule has 2 aromatic heterocycles.